The molecular formula is C11H15F2N5O10P2. The SMILES string of the molecule is Nc1ncnc2c1ncn2[C@@H]1O[C@H](C(O)OP(=O)(O)C(F)(F)P(=O)(O)O)[C@@H](O)[C@H]1O. The first-order valence-corrected chi connectivity index (χ1v) is 11.0. The number of imidazole rings is 1. The normalized spacial score (nSPS) is 28.5. The predicted molar refractivity (Wildman–Crippen MR) is 89.6 cm³/mol. The minimum atomic E-state index is -6.47. The van der Waals surface area contributed by atoms with Crippen molar-refractivity contribution in [3.8, 4) is 0 Å². The molecule has 30 heavy (non-hydrogen) atoms. The van der Waals surface area contributed by atoms with Gasteiger partial charge in [-0.15, -0.1) is 0 Å². The number of ether oxygens (including phenoxy) is 1. The Morgan fingerprint density at radius 3 is 2.43 bits per heavy atom. The molecule has 0 bridgehead atoms. The third kappa shape index (κ3) is 3.62. The molecule has 0 spiro atoms. The second-order valence-corrected chi connectivity index (χ2v) is 9.94. The number of aliphatic hydroxyl groups excluding tert-OH is 3. The summed E-state index contributed by atoms with van der Waals surface area (Å²) in [6.45, 7) is 0. The summed E-state index contributed by atoms with van der Waals surface area (Å²) in [5.41, 5.74) is 5.73. The fraction of sp³-hybridized carbons (Fsp3) is 0.545. The number of rotatable bonds is 6. The van der Waals surface area contributed by atoms with E-state index in [1.165, 1.54) is 0 Å². The van der Waals surface area contributed by atoms with Gasteiger partial charge in [0.05, 0.1) is 6.33 Å². The van der Waals surface area contributed by atoms with Crippen molar-refractivity contribution < 1.29 is 57.2 Å². The summed E-state index contributed by atoms with van der Waals surface area (Å²) in [6, 6.07) is 0. The van der Waals surface area contributed by atoms with E-state index in [1.54, 1.807) is 0 Å². The van der Waals surface area contributed by atoms with Crippen LogP contribution < -0.4 is 5.73 Å². The summed E-state index contributed by atoms with van der Waals surface area (Å²) < 4.78 is 59.6. The standard InChI is InChI=1S/C11H15F2N5O10P2/c12-11(13,29(22,23)24)30(25,26)28-10(21)6-4(19)5(20)9(27-6)18-2-17-3-7(14)15-1-16-8(3)18/h1-2,4-6,9-10,19-21H,(H,25,26)(H2,14,15,16)(H2,22,23,24)/t4-,5+,6-,9+,10?/m0/s1. The lowest BCUT2D eigenvalue weighted by atomic mass is 10.1. The fourth-order valence-electron chi connectivity index (χ4n) is 2.64. The lowest BCUT2D eigenvalue weighted by molar-refractivity contribution is -0.160. The number of aromatic nitrogens is 4. The third-order valence-corrected chi connectivity index (χ3v) is 7.58. The fourth-order valence-corrected chi connectivity index (χ4v) is 4.64. The molecule has 2 unspecified atom stereocenters. The van der Waals surface area contributed by atoms with E-state index in [2.05, 4.69) is 19.5 Å². The van der Waals surface area contributed by atoms with E-state index < -0.39 is 51.4 Å². The first-order valence-electron chi connectivity index (χ1n) is 7.76. The lowest BCUT2D eigenvalue weighted by Gasteiger charge is -2.27. The van der Waals surface area contributed by atoms with Crippen molar-refractivity contribution in [1.29, 1.82) is 0 Å². The molecule has 1 saturated heterocycles. The lowest BCUT2D eigenvalue weighted by Crippen LogP contribution is -2.40. The van der Waals surface area contributed by atoms with Crippen molar-refractivity contribution in [1.82, 2.24) is 19.5 Å². The average molecular weight is 477 g/mol. The maximum atomic E-state index is 13.5. The molecule has 1 fully saturated rings. The highest BCUT2D eigenvalue weighted by Crippen LogP contribution is 2.73. The molecule has 1 aliphatic rings. The van der Waals surface area contributed by atoms with Gasteiger partial charge in [0.1, 0.15) is 30.2 Å². The Balaban J connectivity index is 1.85. The molecule has 8 N–H and O–H groups in total. The van der Waals surface area contributed by atoms with Gasteiger partial charge < -0.3 is 40.5 Å². The van der Waals surface area contributed by atoms with Crippen LogP contribution in [0.5, 0.6) is 0 Å². The number of anilines is 1. The number of aliphatic hydroxyl groups is 3. The minimum Gasteiger partial charge on any atom is -0.387 e. The highest BCUT2D eigenvalue weighted by molar-refractivity contribution is 7.72. The first kappa shape index (κ1) is 23.0. The van der Waals surface area contributed by atoms with Gasteiger partial charge in [-0.25, -0.2) is 15.0 Å². The monoisotopic (exact) mass is 477 g/mol. The molecule has 19 heteroatoms. The number of fused-ring (bicyclic) bond motifs is 1. The van der Waals surface area contributed by atoms with E-state index >= 15 is 0 Å². The van der Waals surface area contributed by atoms with E-state index in [-0.39, 0.29) is 17.0 Å². The van der Waals surface area contributed by atoms with Gasteiger partial charge >= 0.3 is 20.6 Å². The number of hydrogen-bond acceptors (Lipinski definition) is 11. The second kappa shape index (κ2) is 7.49. The summed E-state index contributed by atoms with van der Waals surface area (Å²) in [5.74, 6) is -0.0346. The number of hydrogen-bond donors (Lipinski definition) is 7. The molecule has 15 nitrogen and oxygen atoms in total. The number of nitrogens with two attached hydrogens (primary N) is 1. The van der Waals surface area contributed by atoms with Crippen LogP contribution in [0.3, 0.4) is 0 Å². The van der Waals surface area contributed by atoms with Crippen molar-refractivity contribution in [3.63, 3.8) is 0 Å². The van der Waals surface area contributed by atoms with Crippen molar-refractivity contribution >= 4 is 32.2 Å². The van der Waals surface area contributed by atoms with Crippen LogP contribution in [0.25, 0.3) is 11.2 Å². The Morgan fingerprint density at radius 1 is 1.20 bits per heavy atom. The van der Waals surface area contributed by atoms with E-state index in [9.17, 15) is 38.1 Å². The molecule has 0 aromatic carbocycles. The summed E-state index contributed by atoms with van der Waals surface area (Å²) >= 11 is 0. The molecule has 0 amide bonds. The molecule has 1 aliphatic heterocycles. The Labute approximate surface area is 164 Å². The average Bonchev–Trinajstić information content (AvgIpc) is 3.16. The third-order valence-electron chi connectivity index (χ3n) is 4.16. The highest BCUT2D eigenvalue weighted by Gasteiger charge is 2.66. The molecule has 0 saturated carbocycles. The van der Waals surface area contributed by atoms with Gasteiger partial charge in [-0.2, -0.15) is 8.78 Å². The van der Waals surface area contributed by atoms with E-state index in [0.717, 1.165) is 17.2 Å². The van der Waals surface area contributed by atoms with Gasteiger partial charge in [0.25, 0.3) is 0 Å². The zero-order valence-electron chi connectivity index (χ0n) is 14.4. The second-order valence-electron chi connectivity index (χ2n) is 6.13. The number of nitrogens with zero attached hydrogens (tertiary/aromatic N) is 4. The number of halogens is 2. The molecular weight excluding hydrogens is 462 g/mol. The smallest absolute Gasteiger partial charge is 0.387 e. The number of alkyl halides is 2. The molecule has 0 radical (unpaired) electrons. The molecule has 2 aromatic heterocycles. The van der Waals surface area contributed by atoms with Gasteiger partial charge in [-0.05, 0) is 0 Å². The molecule has 168 valence electrons. The quantitative estimate of drug-likeness (QED) is 0.181. The maximum absolute atomic E-state index is 13.5. The topological polar surface area (TPSA) is 244 Å². The van der Waals surface area contributed by atoms with Crippen LogP contribution in [0.1, 0.15) is 6.23 Å². The summed E-state index contributed by atoms with van der Waals surface area (Å²) in [7, 11) is -12.9. The molecule has 6 atom stereocenters. The van der Waals surface area contributed by atoms with Crippen LogP contribution in [0.4, 0.5) is 14.6 Å². The van der Waals surface area contributed by atoms with E-state index in [1.807, 2.05) is 0 Å². The van der Waals surface area contributed by atoms with Gasteiger partial charge in [0.2, 0.25) is 0 Å². The number of nitrogen functional groups attached to an aromatic ring is 1. The van der Waals surface area contributed by atoms with E-state index in [0.29, 0.717) is 0 Å². The minimum absolute atomic E-state index is 0.0238. The van der Waals surface area contributed by atoms with Crippen molar-refractivity contribution in [2.45, 2.75) is 36.2 Å². The van der Waals surface area contributed by atoms with Crippen LogP contribution in [-0.4, -0.2) is 79.5 Å². The first-order chi connectivity index (χ1) is 13.7. The van der Waals surface area contributed by atoms with Crippen molar-refractivity contribution in [2.24, 2.45) is 0 Å². The Morgan fingerprint density at radius 2 is 1.83 bits per heavy atom. The summed E-state index contributed by atoms with van der Waals surface area (Å²) in [6.07, 6.45) is -8.20. The molecule has 0 aliphatic carbocycles. The highest BCUT2D eigenvalue weighted by atomic mass is 31.2. The van der Waals surface area contributed by atoms with Crippen LogP contribution in [0.15, 0.2) is 12.7 Å². The van der Waals surface area contributed by atoms with Crippen LogP contribution >= 0.6 is 15.2 Å². The maximum Gasteiger partial charge on any atom is 0.443 e. The molecule has 2 aromatic rings. The van der Waals surface area contributed by atoms with Gasteiger partial charge in [-0.3, -0.25) is 18.2 Å². The van der Waals surface area contributed by atoms with Crippen molar-refractivity contribution in [3.05, 3.63) is 12.7 Å². The van der Waals surface area contributed by atoms with Gasteiger partial charge in [0, 0.05) is 0 Å². The van der Waals surface area contributed by atoms with E-state index in [4.69, 9.17) is 20.3 Å². The van der Waals surface area contributed by atoms with Gasteiger partial charge in [-0.1, -0.05) is 0 Å². The summed E-state index contributed by atoms with van der Waals surface area (Å²) in [4.78, 5) is 37.8. The van der Waals surface area contributed by atoms with Crippen LogP contribution in [0.2, 0.25) is 0 Å². The molecule has 3 heterocycles. The zero-order chi connectivity index (χ0) is 22.6. The zero-order valence-corrected chi connectivity index (χ0v) is 16.2. The predicted octanol–water partition coefficient (Wildman–Crippen LogP) is -1.72. The molecule has 3 rings (SSSR count). The Kier molecular flexibility index (Phi) is 5.75. The largest absolute Gasteiger partial charge is 0.443 e. The summed E-state index contributed by atoms with van der Waals surface area (Å²) in [5, 5.41) is 24.6. The Bertz CT molecular complexity index is 1050. The van der Waals surface area contributed by atoms with Crippen molar-refractivity contribution in [2.75, 3.05) is 5.73 Å². The van der Waals surface area contributed by atoms with Crippen LogP contribution in [-0.2, 0) is 18.4 Å². The van der Waals surface area contributed by atoms with Gasteiger partial charge in [0.15, 0.2) is 24.0 Å². The van der Waals surface area contributed by atoms with Crippen LogP contribution in [0, 0.1) is 0 Å². The Hall–Kier alpha value is -1.65.